The van der Waals surface area contributed by atoms with E-state index < -0.39 is 5.82 Å². The smallest absolute Gasteiger partial charge is 0.255 e. The molecule has 2 N–H and O–H groups in total. The SMILES string of the molecule is CCN1CCN(C(=O)c2ccc(Nc3ncc(F)c(-c4c[nH]c5ncccc45)n3)nc2)CC1. The lowest BCUT2D eigenvalue weighted by atomic mass is 10.1. The van der Waals surface area contributed by atoms with Gasteiger partial charge in [-0.05, 0) is 30.8 Å². The number of pyridine rings is 2. The fourth-order valence-corrected chi connectivity index (χ4v) is 3.93. The van der Waals surface area contributed by atoms with Crippen LogP contribution in [0.3, 0.4) is 0 Å². The molecule has 0 atom stereocenters. The molecule has 9 nitrogen and oxygen atoms in total. The van der Waals surface area contributed by atoms with Crippen molar-refractivity contribution in [3.05, 3.63) is 60.4 Å². The number of aromatic amines is 1. The number of halogens is 1. The minimum atomic E-state index is -0.539. The number of H-pyrrole nitrogens is 1. The van der Waals surface area contributed by atoms with Crippen LogP contribution in [0.15, 0.2) is 49.1 Å². The molecule has 4 aromatic heterocycles. The molecular formula is C23H23FN8O. The Morgan fingerprint density at radius 2 is 1.97 bits per heavy atom. The standard InChI is InChI=1S/C23H23FN8O/c1-2-31-8-10-32(11-9-31)22(33)15-5-6-19(26-12-15)29-23-28-14-18(24)20(30-23)17-13-27-21-16(17)4-3-7-25-21/h3-7,12-14H,2,8-11H2,1H3,(H,25,27)(H,26,28,29,30). The second-order valence-electron chi connectivity index (χ2n) is 7.78. The molecule has 1 aliphatic rings. The molecule has 5 rings (SSSR count). The molecule has 10 heteroatoms. The molecule has 0 spiro atoms. The molecule has 4 aromatic rings. The number of anilines is 2. The Bertz CT molecular complexity index is 1280. The number of carbonyl (C=O) groups is 1. The zero-order valence-corrected chi connectivity index (χ0v) is 18.1. The average molecular weight is 446 g/mol. The highest BCUT2D eigenvalue weighted by Gasteiger charge is 2.21. The van der Waals surface area contributed by atoms with E-state index in [1.54, 1.807) is 30.6 Å². The number of fused-ring (bicyclic) bond motifs is 1. The number of likely N-dealkylation sites (N-methyl/N-ethyl adjacent to an activating group) is 1. The summed E-state index contributed by atoms with van der Waals surface area (Å²) in [6, 6.07) is 7.05. The van der Waals surface area contributed by atoms with Gasteiger partial charge < -0.3 is 20.1 Å². The third-order valence-electron chi connectivity index (χ3n) is 5.81. The van der Waals surface area contributed by atoms with Crippen molar-refractivity contribution in [3.8, 4) is 11.3 Å². The van der Waals surface area contributed by atoms with Crippen LogP contribution < -0.4 is 5.32 Å². The van der Waals surface area contributed by atoms with Crippen molar-refractivity contribution in [3.63, 3.8) is 0 Å². The molecule has 168 valence electrons. The van der Waals surface area contributed by atoms with Crippen LogP contribution in [0.25, 0.3) is 22.3 Å². The van der Waals surface area contributed by atoms with E-state index in [4.69, 9.17) is 0 Å². The van der Waals surface area contributed by atoms with Crippen LogP contribution in [0.5, 0.6) is 0 Å². The first-order valence-electron chi connectivity index (χ1n) is 10.8. The number of amides is 1. The maximum absolute atomic E-state index is 14.5. The quantitative estimate of drug-likeness (QED) is 0.486. The van der Waals surface area contributed by atoms with Gasteiger partial charge in [0.2, 0.25) is 5.95 Å². The summed E-state index contributed by atoms with van der Waals surface area (Å²) in [5.41, 5.74) is 1.93. The van der Waals surface area contributed by atoms with Gasteiger partial charge in [-0.15, -0.1) is 0 Å². The lowest BCUT2D eigenvalue weighted by molar-refractivity contribution is 0.0643. The van der Waals surface area contributed by atoms with Crippen LogP contribution in [0.4, 0.5) is 16.2 Å². The largest absolute Gasteiger partial charge is 0.345 e. The van der Waals surface area contributed by atoms with Gasteiger partial charge in [-0.2, -0.15) is 0 Å². The van der Waals surface area contributed by atoms with Gasteiger partial charge in [0, 0.05) is 55.7 Å². The van der Waals surface area contributed by atoms with E-state index in [9.17, 15) is 9.18 Å². The number of piperazine rings is 1. The third kappa shape index (κ3) is 4.24. The zero-order valence-electron chi connectivity index (χ0n) is 18.1. The maximum atomic E-state index is 14.5. The second-order valence-corrected chi connectivity index (χ2v) is 7.78. The van der Waals surface area contributed by atoms with E-state index in [-0.39, 0.29) is 17.5 Å². The summed E-state index contributed by atoms with van der Waals surface area (Å²) >= 11 is 0. The van der Waals surface area contributed by atoms with Gasteiger partial charge in [-0.1, -0.05) is 6.92 Å². The Morgan fingerprint density at radius 3 is 2.73 bits per heavy atom. The summed E-state index contributed by atoms with van der Waals surface area (Å²) in [5.74, 6) is 0.0906. The van der Waals surface area contributed by atoms with E-state index in [1.807, 2.05) is 11.0 Å². The van der Waals surface area contributed by atoms with Gasteiger partial charge >= 0.3 is 0 Å². The molecule has 0 unspecified atom stereocenters. The molecule has 1 fully saturated rings. The fraction of sp³-hybridized carbons (Fsp3) is 0.261. The Balaban J connectivity index is 1.32. The lowest BCUT2D eigenvalue weighted by Crippen LogP contribution is -2.48. The summed E-state index contributed by atoms with van der Waals surface area (Å²) < 4.78 is 14.5. The predicted molar refractivity (Wildman–Crippen MR) is 123 cm³/mol. The first kappa shape index (κ1) is 21.0. The zero-order chi connectivity index (χ0) is 22.8. The normalized spacial score (nSPS) is 14.5. The number of nitrogens with zero attached hydrogens (tertiary/aromatic N) is 6. The minimum Gasteiger partial charge on any atom is -0.345 e. The number of hydrogen-bond acceptors (Lipinski definition) is 7. The van der Waals surface area contributed by atoms with Gasteiger partial charge in [0.1, 0.15) is 17.2 Å². The summed E-state index contributed by atoms with van der Waals surface area (Å²) in [6.45, 7) is 6.30. The molecule has 1 aliphatic heterocycles. The highest BCUT2D eigenvalue weighted by atomic mass is 19.1. The first-order valence-corrected chi connectivity index (χ1v) is 10.8. The van der Waals surface area contributed by atoms with E-state index >= 15 is 0 Å². The Hall–Kier alpha value is -3.92. The number of aromatic nitrogens is 5. The van der Waals surface area contributed by atoms with Crippen molar-refractivity contribution in [1.29, 1.82) is 0 Å². The monoisotopic (exact) mass is 446 g/mol. The summed E-state index contributed by atoms with van der Waals surface area (Å²) in [7, 11) is 0. The van der Waals surface area contributed by atoms with E-state index in [1.165, 1.54) is 6.20 Å². The van der Waals surface area contributed by atoms with Crippen molar-refractivity contribution in [1.82, 2.24) is 34.7 Å². The fourth-order valence-electron chi connectivity index (χ4n) is 3.93. The van der Waals surface area contributed by atoms with Crippen molar-refractivity contribution in [2.45, 2.75) is 6.92 Å². The average Bonchev–Trinajstić information content (AvgIpc) is 3.29. The van der Waals surface area contributed by atoms with Crippen LogP contribution in [0.1, 0.15) is 17.3 Å². The molecule has 0 aliphatic carbocycles. The van der Waals surface area contributed by atoms with Crippen molar-refractivity contribution >= 4 is 28.7 Å². The molecule has 5 heterocycles. The van der Waals surface area contributed by atoms with Crippen molar-refractivity contribution < 1.29 is 9.18 Å². The van der Waals surface area contributed by atoms with Gasteiger partial charge in [0.15, 0.2) is 5.82 Å². The summed E-state index contributed by atoms with van der Waals surface area (Å²) in [6.07, 6.45) is 5.99. The van der Waals surface area contributed by atoms with Crippen LogP contribution >= 0.6 is 0 Å². The van der Waals surface area contributed by atoms with E-state index in [2.05, 4.69) is 42.1 Å². The number of nitrogens with one attached hydrogen (secondary N) is 2. The van der Waals surface area contributed by atoms with Gasteiger partial charge in [-0.25, -0.2) is 24.3 Å². The Morgan fingerprint density at radius 1 is 1.12 bits per heavy atom. The predicted octanol–water partition coefficient (Wildman–Crippen LogP) is 3.08. The molecule has 1 amide bonds. The summed E-state index contributed by atoms with van der Waals surface area (Å²) in [5, 5.41) is 3.75. The van der Waals surface area contributed by atoms with Crippen LogP contribution in [0.2, 0.25) is 0 Å². The molecule has 0 bridgehead atoms. The molecule has 0 radical (unpaired) electrons. The Kier molecular flexibility index (Phi) is 5.66. The maximum Gasteiger partial charge on any atom is 0.255 e. The van der Waals surface area contributed by atoms with Crippen molar-refractivity contribution in [2.24, 2.45) is 0 Å². The summed E-state index contributed by atoms with van der Waals surface area (Å²) in [4.78, 5) is 36.9. The molecule has 0 aromatic carbocycles. The molecule has 1 saturated heterocycles. The number of hydrogen-bond donors (Lipinski definition) is 2. The molecule has 0 saturated carbocycles. The van der Waals surface area contributed by atoms with Crippen molar-refractivity contribution in [2.75, 3.05) is 38.0 Å². The minimum absolute atomic E-state index is 0.0296. The van der Waals surface area contributed by atoms with Gasteiger partial charge in [0.25, 0.3) is 5.91 Å². The van der Waals surface area contributed by atoms with Crippen LogP contribution in [-0.2, 0) is 0 Å². The van der Waals surface area contributed by atoms with E-state index in [0.717, 1.165) is 31.2 Å². The van der Waals surface area contributed by atoms with E-state index in [0.29, 0.717) is 35.7 Å². The Labute approximate surface area is 189 Å². The number of carbonyl (C=O) groups excluding carboxylic acids is 1. The topological polar surface area (TPSA) is 103 Å². The van der Waals surface area contributed by atoms with Gasteiger partial charge in [0.05, 0.1) is 11.8 Å². The van der Waals surface area contributed by atoms with Crippen LogP contribution in [-0.4, -0.2) is 73.4 Å². The second kappa shape index (κ2) is 8.91. The highest BCUT2D eigenvalue weighted by Crippen LogP contribution is 2.28. The molecular weight excluding hydrogens is 423 g/mol. The third-order valence-corrected chi connectivity index (χ3v) is 5.81. The first-order chi connectivity index (χ1) is 16.1. The highest BCUT2D eigenvalue weighted by molar-refractivity contribution is 5.94. The number of rotatable bonds is 5. The van der Waals surface area contributed by atoms with Gasteiger partial charge in [-0.3, -0.25) is 4.79 Å². The van der Waals surface area contributed by atoms with Crippen LogP contribution in [0, 0.1) is 5.82 Å². The lowest BCUT2D eigenvalue weighted by Gasteiger charge is -2.34. The molecule has 33 heavy (non-hydrogen) atoms.